The number of cyclic esters (lactones) is 1. The Balaban J connectivity index is 1.74. The van der Waals surface area contributed by atoms with Crippen LogP contribution in [0.15, 0.2) is 34.7 Å². The van der Waals surface area contributed by atoms with Gasteiger partial charge in [-0.2, -0.15) is 0 Å². The van der Waals surface area contributed by atoms with Crippen molar-refractivity contribution in [1.82, 2.24) is 0 Å². The van der Waals surface area contributed by atoms with Gasteiger partial charge in [0.1, 0.15) is 6.10 Å². The van der Waals surface area contributed by atoms with Gasteiger partial charge in [-0.25, -0.2) is 0 Å². The largest absolute Gasteiger partial charge is 0.472 e. The number of fused-ring (bicyclic) bond motifs is 3. The van der Waals surface area contributed by atoms with E-state index in [1.54, 1.807) is 12.5 Å². The van der Waals surface area contributed by atoms with Crippen molar-refractivity contribution in [2.24, 2.45) is 22.7 Å². The Kier molecular flexibility index (Phi) is 3.47. The van der Waals surface area contributed by atoms with E-state index in [9.17, 15) is 9.90 Å². The fourth-order valence-corrected chi connectivity index (χ4v) is 5.60. The molecule has 2 heterocycles. The highest BCUT2D eigenvalue weighted by Crippen LogP contribution is 2.64. The van der Waals surface area contributed by atoms with Crippen LogP contribution in [0.4, 0.5) is 0 Å². The summed E-state index contributed by atoms with van der Waals surface area (Å²) >= 11 is 0. The monoisotopic (exact) mass is 330 g/mol. The molecule has 2 fully saturated rings. The fourth-order valence-electron chi connectivity index (χ4n) is 5.60. The van der Waals surface area contributed by atoms with Crippen LogP contribution in [0.25, 0.3) is 0 Å². The Labute approximate surface area is 142 Å². The molecule has 0 aromatic carbocycles. The van der Waals surface area contributed by atoms with Crippen LogP contribution in [-0.4, -0.2) is 17.2 Å². The molecule has 3 aliphatic rings. The first-order valence-corrected chi connectivity index (χ1v) is 8.92. The second kappa shape index (κ2) is 5.22. The van der Waals surface area contributed by atoms with Crippen LogP contribution in [0.1, 0.15) is 58.1 Å². The molecule has 6 unspecified atom stereocenters. The van der Waals surface area contributed by atoms with Crippen LogP contribution in [0.3, 0.4) is 0 Å². The second-order valence-electron chi connectivity index (χ2n) is 8.50. The number of rotatable bonds is 1. The van der Waals surface area contributed by atoms with Crippen LogP contribution in [0.5, 0.6) is 0 Å². The van der Waals surface area contributed by atoms with Crippen molar-refractivity contribution in [2.45, 2.75) is 58.7 Å². The van der Waals surface area contributed by atoms with Crippen LogP contribution in [-0.2, 0) is 9.53 Å². The lowest BCUT2D eigenvalue weighted by Gasteiger charge is -2.60. The number of esters is 1. The molecule has 2 aliphatic carbocycles. The number of ether oxygens (including phenoxy) is 1. The van der Waals surface area contributed by atoms with Crippen molar-refractivity contribution in [3.63, 3.8) is 0 Å². The molecule has 0 bridgehead atoms. The minimum absolute atomic E-state index is 0.0724. The van der Waals surface area contributed by atoms with E-state index in [4.69, 9.17) is 9.15 Å². The van der Waals surface area contributed by atoms with Crippen molar-refractivity contribution < 1.29 is 19.1 Å². The van der Waals surface area contributed by atoms with Gasteiger partial charge in [0.05, 0.1) is 24.5 Å². The molecule has 4 rings (SSSR count). The number of aliphatic hydroxyl groups is 1. The van der Waals surface area contributed by atoms with E-state index < -0.39 is 6.10 Å². The molecule has 130 valence electrons. The van der Waals surface area contributed by atoms with E-state index in [1.807, 2.05) is 12.1 Å². The van der Waals surface area contributed by atoms with Crippen LogP contribution in [0.2, 0.25) is 0 Å². The van der Waals surface area contributed by atoms with Crippen molar-refractivity contribution in [1.29, 1.82) is 0 Å². The first-order chi connectivity index (χ1) is 11.3. The van der Waals surface area contributed by atoms with Gasteiger partial charge in [0.2, 0.25) is 0 Å². The van der Waals surface area contributed by atoms with Gasteiger partial charge < -0.3 is 14.3 Å². The lowest BCUT2D eigenvalue weighted by atomic mass is 9.46. The Hall–Kier alpha value is -1.55. The summed E-state index contributed by atoms with van der Waals surface area (Å²) in [7, 11) is 0. The molecule has 1 aliphatic heterocycles. The van der Waals surface area contributed by atoms with Gasteiger partial charge in [-0.1, -0.05) is 25.5 Å². The van der Waals surface area contributed by atoms with Crippen LogP contribution < -0.4 is 0 Å². The van der Waals surface area contributed by atoms with E-state index in [0.717, 1.165) is 31.2 Å². The Bertz CT molecular complexity index is 676. The molecule has 1 N–H and O–H groups in total. The van der Waals surface area contributed by atoms with Gasteiger partial charge in [0.15, 0.2) is 0 Å². The quantitative estimate of drug-likeness (QED) is 0.624. The Morgan fingerprint density at radius 2 is 2.08 bits per heavy atom. The molecule has 1 saturated carbocycles. The Morgan fingerprint density at radius 3 is 2.79 bits per heavy atom. The molecule has 6 atom stereocenters. The highest BCUT2D eigenvalue weighted by atomic mass is 16.5. The number of hydrogen-bond acceptors (Lipinski definition) is 4. The van der Waals surface area contributed by atoms with Crippen molar-refractivity contribution >= 4 is 5.97 Å². The topological polar surface area (TPSA) is 59.7 Å². The van der Waals surface area contributed by atoms with Gasteiger partial charge in [-0.05, 0) is 50.0 Å². The third-order valence-corrected chi connectivity index (χ3v) is 7.09. The highest BCUT2D eigenvalue weighted by Gasteiger charge is 2.61. The van der Waals surface area contributed by atoms with Gasteiger partial charge in [-0.15, -0.1) is 0 Å². The standard InChI is InChI=1S/C20H26O4/c1-12-8-16-19(2,17(21)9-12)6-4-14-18(22)24-15(10-20(14,16)3)13-5-7-23-11-13/h5,7,9,11,14-17,21H,4,6,8,10H2,1-3H3. The molecule has 0 amide bonds. The van der Waals surface area contributed by atoms with Crippen molar-refractivity contribution in [2.75, 3.05) is 0 Å². The smallest absolute Gasteiger partial charge is 0.310 e. The van der Waals surface area contributed by atoms with E-state index in [-0.39, 0.29) is 34.7 Å². The summed E-state index contributed by atoms with van der Waals surface area (Å²) < 4.78 is 10.9. The number of carbonyl (C=O) groups excluding carboxylic acids is 1. The van der Waals surface area contributed by atoms with E-state index in [1.165, 1.54) is 5.57 Å². The summed E-state index contributed by atoms with van der Waals surface area (Å²) in [6, 6.07) is 1.88. The summed E-state index contributed by atoms with van der Waals surface area (Å²) in [5, 5.41) is 10.7. The third-order valence-electron chi connectivity index (χ3n) is 7.09. The van der Waals surface area contributed by atoms with Crippen molar-refractivity contribution in [3.8, 4) is 0 Å². The van der Waals surface area contributed by atoms with Crippen molar-refractivity contribution in [3.05, 3.63) is 35.8 Å². The summed E-state index contributed by atoms with van der Waals surface area (Å²) in [6.07, 6.45) is 8.04. The molecule has 0 spiro atoms. The number of allylic oxidation sites excluding steroid dienone is 1. The average molecular weight is 330 g/mol. The highest BCUT2D eigenvalue weighted by molar-refractivity contribution is 5.75. The molecule has 24 heavy (non-hydrogen) atoms. The van der Waals surface area contributed by atoms with Crippen LogP contribution >= 0.6 is 0 Å². The molecule has 4 heteroatoms. The predicted molar refractivity (Wildman–Crippen MR) is 89.0 cm³/mol. The first-order valence-electron chi connectivity index (χ1n) is 8.92. The van der Waals surface area contributed by atoms with Gasteiger partial charge in [-0.3, -0.25) is 4.79 Å². The number of hydrogen-bond donors (Lipinski definition) is 1. The summed E-state index contributed by atoms with van der Waals surface area (Å²) in [5.41, 5.74) is 1.83. The Morgan fingerprint density at radius 1 is 1.29 bits per heavy atom. The zero-order valence-corrected chi connectivity index (χ0v) is 14.6. The van der Waals surface area contributed by atoms with E-state index in [2.05, 4.69) is 20.8 Å². The van der Waals surface area contributed by atoms with Gasteiger partial charge >= 0.3 is 5.97 Å². The second-order valence-corrected chi connectivity index (χ2v) is 8.50. The summed E-state index contributed by atoms with van der Waals surface area (Å²) in [5.74, 6) is 0.126. The molecular weight excluding hydrogens is 304 g/mol. The maximum atomic E-state index is 12.8. The minimum atomic E-state index is -0.431. The fraction of sp³-hybridized carbons (Fsp3) is 0.650. The SMILES string of the molecule is CC1=CC(O)C2(C)CCC3C(=O)OC(c4ccoc4)CC3(C)C2C1. The molecular formula is C20H26O4. The maximum absolute atomic E-state index is 12.8. The molecule has 0 radical (unpaired) electrons. The van der Waals surface area contributed by atoms with E-state index >= 15 is 0 Å². The maximum Gasteiger partial charge on any atom is 0.310 e. The van der Waals surface area contributed by atoms with Gasteiger partial charge in [0.25, 0.3) is 0 Å². The summed E-state index contributed by atoms with van der Waals surface area (Å²) in [4.78, 5) is 12.8. The number of furan rings is 1. The third kappa shape index (κ3) is 2.12. The van der Waals surface area contributed by atoms with E-state index in [0.29, 0.717) is 0 Å². The van der Waals surface area contributed by atoms with Crippen LogP contribution in [0, 0.1) is 22.7 Å². The molecule has 1 saturated heterocycles. The molecule has 1 aromatic heterocycles. The minimum Gasteiger partial charge on any atom is -0.472 e. The molecule has 1 aromatic rings. The normalized spacial score (nSPS) is 45.0. The lowest BCUT2D eigenvalue weighted by molar-refractivity contribution is -0.199. The van der Waals surface area contributed by atoms with Gasteiger partial charge in [0, 0.05) is 11.0 Å². The first kappa shape index (κ1) is 15.9. The summed E-state index contributed by atoms with van der Waals surface area (Å²) in [6.45, 7) is 6.52. The lowest BCUT2D eigenvalue weighted by Crippen LogP contribution is -2.58. The predicted octanol–water partition coefficient (Wildman–Crippen LogP) is 4.02. The molecule has 4 nitrogen and oxygen atoms in total. The zero-order chi connectivity index (χ0) is 17.1. The number of carbonyl (C=O) groups is 1. The average Bonchev–Trinajstić information content (AvgIpc) is 3.03. The zero-order valence-electron chi connectivity index (χ0n) is 14.6. The number of aliphatic hydroxyl groups excluding tert-OH is 1.